The number of nitrogens with zero attached hydrogens (tertiary/aromatic N) is 4. The van der Waals surface area contributed by atoms with E-state index in [0.29, 0.717) is 6.42 Å². The van der Waals surface area contributed by atoms with Crippen LogP contribution in [0.2, 0.25) is 10.0 Å². The summed E-state index contributed by atoms with van der Waals surface area (Å²) in [6.07, 6.45) is 1.98. The Morgan fingerprint density at radius 2 is 2.17 bits per heavy atom. The third-order valence-corrected chi connectivity index (χ3v) is 4.61. The number of nitro groups is 1. The highest BCUT2D eigenvalue weighted by Crippen LogP contribution is 2.34. The first-order valence-electron chi connectivity index (χ1n) is 6.83. The molecule has 0 saturated carbocycles. The van der Waals surface area contributed by atoms with E-state index in [-0.39, 0.29) is 28.4 Å². The van der Waals surface area contributed by atoms with Gasteiger partial charge in [-0.3, -0.25) is 14.9 Å². The summed E-state index contributed by atoms with van der Waals surface area (Å²) < 4.78 is 1.22. The van der Waals surface area contributed by atoms with Crippen LogP contribution < -0.4 is 10.5 Å². The molecular formula is C14H12Cl2N4O3. The third kappa shape index (κ3) is 2.77. The van der Waals surface area contributed by atoms with Gasteiger partial charge in [0.25, 0.3) is 11.2 Å². The van der Waals surface area contributed by atoms with E-state index >= 15 is 0 Å². The summed E-state index contributed by atoms with van der Waals surface area (Å²) in [5, 5.41) is 14.9. The summed E-state index contributed by atoms with van der Waals surface area (Å²) in [4.78, 5) is 24.5. The Bertz CT molecular complexity index is 852. The van der Waals surface area contributed by atoms with E-state index in [0.717, 1.165) is 11.3 Å². The molecule has 0 bridgehead atoms. The van der Waals surface area contributed by atoms with Gasteiger partial charge in [-0.1, -0.05) is 23.2 Å². The van der Waals surface area contributed by atoms with Crippen LogP contribution in [0.5, 0.6) is 0 Å². The molecular weight excluding hydrogens is 343 g/mol. The lowest BCUT2D eigenvalue weighted by Crippen LogP contribution is -2.37. The van der Waals surface area contributed by atoms with Crippen molar-refractivity contribution >= 4 is 34.6 Å². The molecule has 2 aromatic rings. The first kappa shape index (κ1) is 15.8. The van der Waals surface area contributed by atoms with Gasteiger partial charge in [-0.2, -0.15) is 5.10 Å². The maximum absolute atomic E-state index is 12.1. The molecule has 1 aromatic heterocycles. The maximum atomic E-state index is 12.1. The summed E-state index contributed by atoms with van der Waals surface area (Å²) in [5.74, 6) is 0. The van der Waals surface area contributed by atoms with Crippen molar-refractivity contribution in [1.29, 1.82) is 0 Å². The Kier molecular flexibility index (Phi) is 3.99. The number of rotatable bonds is 3. The summed E-state index contributed by atoms with van der Waals surface area (Å²) in [5.41, 5.74) is 1.31. The molecule has 1 aliphatic heterocycles. The van der Waals surface area contributed by atoms with E-state index in [2.05, 4.69) is 5.10 Å². The van der Waals surface area contributed by atoms with Crippen LogP contribution in [0.15, 0.2) is 29.2 Å². The molecule has 0 spiro atoms. The van der Waals surface area contributed by atoms with Crippen molar-refractivity contribution in [1.82, 2.24) is 9.78 Å². The average Bonchev–Trinajstić information content (AvgIpc) is 2.82. The van der Waals surface area contributed by atoms with Gasteiger partial charge >= 0.3 is 0 Å². The summed E-state index contributed by atoms with van der Waals surface area (Å²) in [7, 11) is 0. The van der Waals surface area contributed by atoms with Gasteiger partial charge < -0.3 is 4.90 Å². The molecule has 0 aliphatic carbocycles. The standard InChI is InChI=1S/C14H12Cl2N4O3/c1-8-4-9-5-10(20(22)23)2-3-12(9)18(8)7-19-14(21)13(16)11(15)6-17-19/h2-3,5-6,8H,4,7H2,1H3/t8-/m0/s1. The predicted octanol–water partition coefficient (Wildman–Crippen LogP) is 2.87. The molecule has 9 heteroatoms. The van der Waals surface area contributed by atoms with E-state index in [1.165, 1.54) is 16.9 Å². The fourth-order valence-electron chi connectivity index (χ4n) is 2.70. The van der Waals surface area contributed by atoms with Crippen molar-refractivity contribution in [2.45, 2.75) is 26.1 Å². The zero-order valence-corrected chi connectivity index (χ0v) is 13.6. The molecule has 1 aliphatic rings. The minimum atomic E-state index is -0.471. The zero-order valence-electron chi connectivity index (χ0n) is 12.1. The Hall–Kier alpha value is -2.12. The zero-order chi connectivity index (χ0) is 16.7. The van der Waals surface area contributed by atoms with Gasteiger partial charge in [-0.05, 0) is 25.0 Å². The number of nitro benzene ring substituents is 1. The highest BCUT2D eigenvalue weighted by atomic mass is 35.5. The van der Waals surface area contributed by atoms with Gasteiger partial charge in [-0.25, -0.2) is 4.68 Å². The number of anilines is 1. The second-order valence-electron chi connectivity index (χ2n) is 5.35. The highest BCUT2D eigenvalue weighted by Gasteiger charge is 2.28. The minimum absolute atomic E-state index is 0.0580. The molecule has 0 unspecified atom stereocenters. The van der Waals surface area contributed by atoms with Crippen LogP contribution in [-0.2, 0) is 13.1 Å². The Morgan fingerprint density at radius 3 is 2.87 bits per heavy atom. The fraction of sp³-hybridized carbons (Fsp3) is 0.286. The van der Waals surface area contributed by atoms with Crippen LogP contribution >= 0.6 is 23.2 Å². The lowest BCUT2D eigenvalue weighted by atomic mass is 10.1. The van der Waals surface area contributed by atoms with Gasteiger partial charge in [0.15, 0.2) is 0 Å². The largest absolute Gasteiger partial charge is 0.349 e. The van der Waals surface area contributed by atoms with Crippen molar-refractivity contribution in [3.8, 4) is 0 Å². The number of aromatic nitrogens is 2. The molecule has 3 rings (SSSR count). The Balaban J connectivity index is 1.96. The van der Waals surface area contributed by atoms with Crippen LogP contribution in [0.3, 0.4) is 0 Å². The molecule has 1 atom stereocenters. The Morgan fingerprint density at radius 1 is 1.43 bits per heavy atom. The molecule has 7 nitrogen and oxygen atoms in total. The van der Waals surface area contributed by atoms with Gasteiger partial charge in [0.1, 0.15) is 11.7 Å². The Labute approximate surface area is 141 Å². The first-order chi connectivity index (χ1) is 10.9. The van der Waals surface area contributed by atoms with Gasteiger partial charge in [-0.15, -0.1) is 0 Å². The maximum Gasteiger partial charge on any atom is 0.288 e. The van der Waals surface area contributed by atoms with Crippen LogP contribution in [0.25, 0.3) is 0 Å². The number of halogens is 2. The predicted molar refractivity (Wildman–Crippen MR) is 87.3 cm³/mol. The van der Waals surface area contributed by atoms with Crippen molar-refractivity contribution in [3.05, 3.63) is 60.5 Å². The smallest absolute Gasteiger partial charge is 0.288 e. The van der Waals surface area contributed by atoms with Crippen molar-refractivity contribution in [2.75, 3.05) is 4.90 Å². The number of hydrogen-bond donors (Lipinski definition) is 0. The number of benzene rings is 1. The number of fused-ring (bicyclic) bond motifs is 1. The van der Waals surface area contributed by atoms with Gasteiger partial charge in [0.2, 0.25) is 0 Å². The van der Waals surface area contributed by atoms with Gasteiger partial charge in [0, 0.05) is 23.9 Å². The van der Waals surface area contributed by atoms with E-state index < -0.39 is 10.5 Å². The molecule has 0 fully saturated rings. The average molecular weight is 355 g/mol. The second kappa shape index (κ2) is 5.82. The quantitative estimate of drug-likeness (QED) is 0.625. The molecule has 1 aromatic carbocycles. The summed E-state index contributed by atoms with van der Waals surface area (Å²) in [6, 6.07) is 4.79. The summed E-state index contributed by atoms with van der Waals surface area (Å²) in [6.45, 7) is 2.18. The molecule has 0 amide bonds. The molecule has 23 heavy (non-hydrogen) atoms. The third-order valence-electron chi connectivity index (χ3n) is 3.86. The minimum Gasteiger partial charge on any atom is -0.349 e. The normalized spacial score (nSPS) is 16.5. The van der Waals surface area contributed by atoms with Crippen LogP contribution in [0, 0.1) is 10.1 Å². The number of hydrogen-bond acceptors (Lipinski definition) is 5. The van der Waals surface area contributed by atoms with Gasteiger partial charge in [0.05, 0.1) is 16.1 Å². The lowest BCUT2D eigenvalue weighted by molar-refractivity contribution is -0.384. The molecule has 0 N–H and O–H groups in total. The van der Waals surface area contributed by atoms with Crippen molar-refractivity contribution in [3.63, 3.8) is 0 Å². The molecule has 0 radical (unpaired) electrons. The first-order valence-corrected chi connectivity index (χ1v) is 7.59. The number of non-ortho nitro benzene ring substituents is 1. The van der Waals surface area contributed by atoms with Crippen LogP contribution in [0.4, 0.5) is 11.4 Å². The van der Waals surface area contributed by atoms with E-state index in [9.17, 15) is 14.9 Å². The lowest BCUT2D eigenvalue weighted by Gasteiger charge is -2.25. The monoisotopic (exact) mass is 354 g/mol. The van der Waals surface area contributed by atoms with E-state index in [4.69, 9.17) is 23.2 Å². The van der Waals surface area contributed by atoms with Crippen LogP contribution in [-0.4, -0.2) is 20.7 Å². The summed E-state index contributed by atoms with van der Waals surface area (Å²) >= 11 is 11.6. The topological polar surface area (TPSA) is 81.3 Å². The molecule has 120 valence electrons. The second-order valence-corrected chi connectivity index (χ2v) is 6.13. The molecule has 2 heterocycles. The van der Waals surface area contributed by atoms with E-state index in [1.54, 1.807) is 12.1 Å². The van der Waals surface area contributed by atoms with Crippen molar-refractivity contribution < 1.29 is 4.92 Å². The van der Waals surface area contributed by atoms with Crippen LogP contribution in [0.1, 0.15) is 12.5 Å². The fourth-order valence-corrected chi connectivity index (χ4v) is 2.97. The van der Waals surface area contributed by atoms with E-state index in [1.807, 2.05) is 11.8 Å². The SMILES string of the molecule is C[C@H]1Cc2cc([N+](=O)[O-])ccc2N1Cn1ncc(Cl)c(Cl)c1=O. The van der Waals surface area contributed by atoms with Crippen molar-refractivity contribution in [2.24, 2.45) is 0 Å². The highest BCUT2D eigenvalue weighted by molar-refractivity contribution is 6.41. The molecule has 0 saturated heterocycles.